The molecule has 0 fully saturated rings. The monoisotopic (exact) mass is 233 g/mol. The molecule has 0 N–H and O–H groups in total. The van der Waals surface area contributed by atoms with Crippen LogP contribution in [0, 0.1) is 0 Å². The smallest absolute Gasteiger partial charge is 0.0705 e. The molecule has 0 atom stereocenters. The number of allylic oxidation sites excluding steroid dienone is 1. The second kappa shape index (κ2) is 5.35. The van der Waals surface area contributed by atoms with Gasteiger partial charge in [-0.2, -0.15) is 0 Å². The minimum atomic E-state index is 0.223. The Bertz CT molecular complexity index is 400. The molecule has 0 unspecified atom stereocenters. The van der Waals surface area contributed by atoms with Crippen molar-refractivity contribution >= 4 is 30.2 Å². The van der Waals surface area contributed by atoms with Crippen LogP contribution in [0.1, 0.15) is 33.3 Å². The minimum Gasteiger partial charge on any atom is -0.264 e. The number of thioether (sulfide) groups is 1. The second-order valence-corrected chi connectivity index (χ2v) is 6.49. The molecule has 0 heterocycles. The topological polar surface area (TPSA) is 12.4 Å². The van der Waals surface area contributed by atoms with Crippen LogP contribution in [0.5, 0.6) is 0 Å². The van der Waals surface area contributed by atoms with Gasteiger partial charge in [0, 0.05) is 9.64 Å². The van der Waals surface area contributed by atoms with Crippen LogP contribution >= 0.6 is 11.8 Å². The van der Waals surface area contributed by atoms with Crippen LogP contribution in [0.25, 0.3) is 6.08 Å². The van der Waals surface area contributed by atoms with Gasteiger partial charge in [0.05, 0.1) is 5.69 Å². The van der Waals surface area contributed by atoms with Gasteiger partial charge in [-0.3, -0.25) is 4.99 Å². The van der Waals surface area contributed by atoms with Gasteiger partial charge in [-0.1, -0.05) is 39.0 Å². The van der Waals surface area contributed by atoms with E-state index >= 15 is 0 Å². The maximum atomic E-state index is 4.07. The van der Waals surface area contributed by atoms with Gasteiger partial charge in [0.2, 0.25) is 0 Å². The van der Waals surface area contributed by atoms with E-state index in [1.54, 1.807) is 0 Å². The summed E-state index contributed by atoms with van der Waals surface area (Å²) in [6.07, 6.45) is 4.07. The SMILES string of the molecule is C=Nc1cc(SC(C)(C)C)ccc1/C=C\C. The summed E-state index contributed by atoms with van der Waals surface area (Å²) in [5.74, 6) is 0. The first-order valence-electron chi connectivity index (χ1n) is 5.39. The molecule has 16 heavy (non-hydrogen) atoms. The summed E-state index contributed by atoms with van der Waals surface area (Å²) >= 11 is 1.85. The van der Waals surface area contributed by atoms with Gasteiger partial charge < -0.3 is 0 Å². The van der Waals surface area contributed by atoms with Crippen LogP contribution in [0.2, 0.25) is 0 Å². The van der Waals surface area contributed by atoms with E-state index in [0.717, 1.165) is 11.3 Å². The van der Waals surface area contributed by atoms with Crippen molar-refractivity contribution in [3.8, 4) is 0 Å². The average Bonchev–Trinajstić information content (AvgIpc) is 2.18. The van der Waals surface area contributed by atoms with Crippen molar-refractivity contribution in [2.45, 2.75) is 37.3 Å². The maximum Gasteiger partial charge on any atom is 0.0705 e. The molecule has 86 valence electrons. The highest BCUT2D eigenvalue weighted by atomic mass is 32.2. The summed E-state index contributed by atoms with van der Waals surface area (Å²) in [6.45, 7) is 12.2. The van der Waals surface area contributed by atoms with Crippen LogP contribution in [-0.4, -0.2) is 11.5 Å². The molecule has 0 aromatic heterocycles. The van der Waals surface area contributed by atoms with Crippen LogP contribution < -0.4 is 0 Å². The third kappa shape index (κ3) is 3.86. The Morgan fingerprint density at radius 1 is 1.31 bits per heavy atom. The van der Waals surface area contributed by atoms with E-state index in [2.05, 4.69) is 56.8 Å². The number of hydrogen-bond donors (Lipinski definition) is 0. The van der Waals surface area contributed by atoms with Crippen molar-refractivity contribution in [2.24, 2.45) is 4.99 Å². The Morgan fingerprint density at radius 3 is 2.50 bits per heavy atom. The Morgan fingerprint density at radius 2 is 2.00 bits per heavy atom. The first kappa shape index (κ1) is 13.0. The van der Waals surface area contributed by atoms with E-state index < -0.39 is 0 Å². The molecule has 1 nitrogen and oxygen atoms in total. The maximum absolute atomic E-state index is 4.07. The number of hydrogen-bond acceptors (Lipinski definition) is 2. The Labute approximate surface area is 103 Å². The largest absolute Gasteiger partial charge is 0.264 e. The summed E-state index contributed by atoms with van der Waals surface area (Å²) in [5.41, 5.74) is 2.07. The van der Waals surface area contributed by atoms with E-state index in [9.17, 15) is 0 Å². The van der Waals surface area contributed by atoms with E-state index in [1.165, 1.54) is 4.90 Å². The number of benzene rings is 1. The van der Waals surface area contributed by atoms with Crippen molar-refractivity contribution < 1.29 is 0 Å². The molecular formula is C14H19NS. The molecule has 2 heteroatoms. The lowest BCUT2D eigenvalue weighted by molar-refractivity contribution is 0.803. The second-order valence-electron chi connectivity index (χ2n) is 4.59. The van der Waals surface area contributed by atoms with Gasteiger partial charge >= 0.3 is 0 Å². The number of nitrogens with zero attached hydrogens (tertiary/aromatic N) is 1. The fraction of sp³-hybridized carbons (Fsp3) is 0.357. The molecule has 0 spiro atoms. The predicted molar refractivity (Wildman–Crippen MR) is 76.0 cm³/mol. The first-order valence-corrected chi connectivity index (χ1v) is 6.20. The van der Waals surface area contributed by atoms with E-state index in [0.29, 0.717) is 0 Å². The molecule has 0 radical (unpaired) electrons. The van der Waals surface area contributed by atoms with Gasteiger partial charge in [0.25, 0.3) is 0 Å². The van der Waals surface area contributed by atoms with Crippen LogP contribution in [0.4, 0.5) is 5.69 Å². The summed E-state index contributed by atoms with van der Waals surface area (Å²) in [4.78, 5) is 5.30. The minimum absolute atomic E-state index is 0.223. The molecular weight excluding hydrogens is 214 g/mol. The molecule has 1 rings (SSSR count). The summed E-state index contributed by atoms with van der Waals surface area (Å²) in [7, 11) is 0. The highest BCUT2D eigenvalue weighted by Gasteiger charge is 2.12. The standard InChI is InChI=1S/C14H19NS/c1-6-7-11-8-9-12(10-13(11)15-5)16-14(2,3)4/h6-10H,5H2,1-4H3/b7-6-. The molecule has 0 aliphatic carbocycles. The molecule has 1 aromatic rings. The van der Waals surface area contributed by atoms with Crippen molar-refractivity contribution in [2.75, 3.05) is 0 Å². The number of rotatable bonds is 3. The van der Waals surface area contributed by atoms with Gasteiger partial charge in [0.15, 0.2) is 0 Å². The van der Waals surface area contributed by atoms with Crippen LogP contribution in [-0.2, 0) is 0 Å². The van der Waals surface area contributed by atoms with E-state index in [1.807, 2.05) is 24.8 Å². The Hall–Kier alpha value is -1.02. The molecule has 0 saturated heterocycles. The van der Waals surface area contributed by atoms with Gasteiger partial charge in [-0.25, -0.2) is 0 Å². The predicted octanol–water partition coefficient (Wildman–Crippen LogP) is 4.94. The molecule has 1 aromatic carbocycles. The fourth-order valence-corrected chi connectivity index (χ4v) is 2.41. The highest BCUT2D eigenvalue weighted by molar-refractivity contribution is 8.00. The zero-order valence-corrected chi connectivity index (χ0v) is 11.3. The zero-order valence-electron chi connectivity index (χ0n) is 10.4. The van der Waals surface area contributed by atoms with E-state index in [4.69, 9.17) is 0 Å². The quantitative estimate of drug-likeness (QED) is 0.532. The molecule has 0 aliphatic rings. The average molecular weight is 233 g/mol. The lowest BCUT2D eigenvalue weighted by atomic mass is 10.1. The molecule has 0 amide bonds. The highest BCUT2D eigenvalue weighted by Crippen LogP contribution is 2.35. The zero-order chi connectivity index (χ0) is 12.2. The fourth-order valence-electron chi connectivity index (χ4n) is 1.40. The van der Waals surface area contributed by atoms with Gasteiger partial charge in [0.1, 0.15) is 0 Å². The lowest BCUT2D eigenvalue weighted by Gasteiger charge is -2.18. The van der Waals surface area contributed by atoms with Crippen LogP contribution in [0.3, 0.4) is 0 Å². The van der Waals surface area contributed by atoms with Gasteiger partial charge in [-0.05, 0) is 31.3 Å². The summed E-state index contributed by atoms with van der Waals surface area (Å²) < 4.78 is 0.223. The van der Waals surface area contributed by atoms with Crippen molar-refractivity contribution in [1.29, 1.82) is 0 Å². The first-order chi connectivity index (χ1) is 7.46. The number of aliphatic imine (C=N–C) groups is 1. The molecule has 0 bridgehead atoms. The van der Waals surface area contributed by atoms with Crippen LogP contribution in [0.15, 0.2) is 34.2 Å². The normalized spacial score (nSPS) is 12.0. The third-order valence-electron chi connectivity index (χ3n) is 1.94. The summed E-state index contributed by atoms with van der Waals surface area (Å²) in [6, 6.07) is 6.33. The van der Waals surface area contributed by atoms with Crippen molar-refractivity contribution in [1.82, 2.24) is 0 Å². The van der Waals surface area contributed by atoms with Crippen molar-refractivity contribution in [3.05, 3.63) is 29.8 Å². The third-order valence-corrected chi connectivity index (χ3v) is 3.04. The molecule has 0 aliphatic heterocycles. The van der Waals surface area contributed by atoms with Crippen molar-refractivity contribution in [3.63, 3.8) is 0 Å². The molecule has 0 saturated carbocycles. The van der Waals surface area contributed by atoms with Gasteiger partial charge in [-0.15, -0.1) is 11.8 Å². The van der Waals surface area contributed by atoms with E-state index in [-0.39, 0.29) is 4.75 Å². The Balaban J connectivity index is 3.04. The lowest BCUT2D eigenvalue weighted by Crippen LogP contribution is -2.06. The Kier molecular flexibility index (Phi) is 4.36. The summed E-state index contributed by atoms with van der Waals surface area (Å²) in [5, 5.41) is 0.